The molecule has 1 aliphatic heterocycles. The van der Waals surface area contributed by atoms with Crippen LogP contribution in [0.4, 0.5) is 5.69 Å². The molecular weight excluding hydrogens is 462 g/mol. The first-order chi connectivity index (χ1) is 15.9. The predicted octanol–water partition coefficient (Wildman–Crippen LogP) is 4.35. The number of nitrogens with one attached hydrogen (secondary N) is 3. The minimum Gasteiger partial charge on any atom is -0.489 e. The molecule has 3 N–H and O–H groups in total. The Morgan fingerprint density at radius 3 is 2.42 bits per heavy atom. The first kappa shape index (κ1) is 22.7. The minimum absolute atomic E-state index is 0.115. The Morgan fingerprint density at radius 1 is 1.00 bits per heavy atom. The molecule has 9 heteroatoms. The summed E-state index contributed by atoms with van der Waals surface area (Å²) in [5, 5.41) is 3.42. The third-order valence-electron chi connectivity index (χ3n) is 4.92. The van der Waals surface area contributed by atoms with E-state index in [0.717, 1.165) is 16.0 Å². The molecule has 3 amide bonds. The number of carbonyl (C=O) groups is 3. The van der Waals surface area contributed by atoms with Gasteiger partial charge in [0.1, 0.15) is 12.4 Å². The maximum absolute atomic E-state index is 12.4. The first-order valence-corrected chi connectivity index (χ1v) is 11.4. The second kappa shape index (κ2) is 9.97. The fourth-order valence-electron chi connectivity index (χ4n) is 3.11. The van der Waals surface area contributed by atoms with Gasteiger partial charge in [-0.2, -0.15) is 0 Å². The third-order valence-corrected chi connectivity index (χ3v) is 6.41. The van der Waals surface area contributed by atoms with Crippen LogP contribution < -0.4 is 20.9 Å². The number of benzene rings is 3. The van der Waals surface area contributed by atoms with Gasteiger partial charge >= 0.3 is 0 Å². The highest BCUT2D eigenvalue weighted by atomic mass is 35.5. The molecule has 3 aromatic rings. The van der Waals surface area contributed by atoms with Gasteiger partial charge in [0.15, 0.2) is 0 Å². The van der Waals surface area contributed by atoms with Gasteiger partial charge in [-0.05, 0) is 66.6 Å². The van der Waals surface area contributed by atoms with E-state index in [0.29, 0.717) is 39.9 Å². The van der Waals surface area contributed by atoms with Crippen molar-refractivity contribution in [3.63, 3.8) is 0 Å². The van der Waals surface area contributed by atoms with E-state index >= 15 is 0 Å². The number of halogens is 1. The zero-order chi connectivity index (χ0) is 23.4. The molecule has 0 aromatic heterocycles. The Balaban J connectivity index is 1.30. The fourth-order valence-corrected chi connectivity index (χ4v) is 4.01. The zero-order valence-corrected chi connectivity index (χ0v) is 19.2. The molecule has 0 aliphatic carbocycles. The minimum atomic E-state index is -0.487. The number of carbonyl (C=O) groups excluding carboxylic acids is 3. The predicted molar refractivity (Wildman–Crippen MR) is 128 cm³/mol. The molecule has 0 radical (unpaired) electrons. The first-order valence-electron chi connectivity index (χ1n) is 10.0. The van der Waals surface area contributed by atoms with E-state index in [1.54, 1.807) is 54.6 Å². The summed E-state index contributed by atoms with van der Waals surface area (Å²) in [5.74, 6) is 0.00260. The molecule has 0 unspecified atom stereocenters. The number of ether oxygens (including phenoxy) is 1. The van der Waals surface area contributed by atoms with Crippen molar-refractivity contribution < 1.29 is 19.1 Å². The molecule has 1 aliphatic rings. The van der Waals surface area contributed by atoms with Crippen LogP contribution in [0.3, 0.4) is 0 Å². The standard InChI is InChI=1S/C24H20ClN3O4S/c1-14-10-18(7-8-19(14)25)32-12-15-2-4-16(5-3-15)23(30)27-28-24(31)17-6-9-21-20(11-17)26-22(29)13-33-21/h2-11H,12-13H2,1H3,(H,26,29)(H,27,30)(H,28,31). The van der Waals surface area contributed by atoms with Crippen molar-refractivity contribution in [3.8, 4) is 5.75 Å². The van der Waals surface area contributed by atoms with Crippen LogP contribution in [-0.2, 0) is 11.4 Å². The second-order valence-corrected chi connectivity index (χ2v) is 8.78. The van der Waals surface area contributed by atoms with Crippen LogP contribution in [0.25, 0.3) is 0 Å². The van der Waals surface area contributed by atoms with Gasteiger partial charge in [-0.3, -0.25) is 25.2 Å². The fraction of sp³-hybridized carbons (Fsp3) is 0.125. The van der Waals surface area contributed by atoms with Crippen LogP contribution >= 0.6 is 23.4 Å². The average Bonchev–Trinajstić information content (AvgIpc) is 2.83. The molecular formula is C24H20ClN3O4S. The summed E-state index contributed by atoms with van der Waals surface area (Å²) in [7, 11) is 0. The number of anilines is 1. The van der Waals surface area contributed by atoms with Crippen molar-refractivity contribution in [2.45, 2.75) is 18.4 Å². The van der Waals surface area contributed by atoms with Gasteiger partial charge in [0.25, 0.3) is 11.8 Å². The summed E-state index contributed by atoms with van der Waals surface area (Å²) in [6.45, 7) is 2.25. The monoisotopic (exact) mass is 481 g/mol. The van der Waals surface area contributed by atoms with Gasteiger partial charge in [-0.1, -0.05) is 23.7 Å². The van der Waals surface area contributed by atoms with Crippen LogP contribution in [0.2, 0.25) is 5.02 Å². The topological polar surface area (TPSA) is 96.5 Å². The summed E-state index contributed by atoms with van der Waals surface area (Å²) in [6, 6.07) is 17.3. The number of amides is 3. The highest BCUT2D eigenvalue weighted by Gasteiger charge is 2.17. The van der Waals surface area contributed by atoms with E-state index in [1.807, 2.05) is 13.0 Å². The van der Waals surface area contributed by atoms with Crippen LogP contribution in [-0.4, -0.2) is 23.5 Å². The zero-order valence-electron chi connectivity index (χ0n) is 17.6. The third kappa shape index (κ3) is 5.66. The summed E-state index contributed by atoms with van der Waals surface area (Å²) in [6.07, 6.45) is 0. The van der Waals surface area contributed by atoms with Crippen molar-refractivity contribution in [2.75, 3.05) is 11.1 Å². The van der Waals surface area contributed by atoms with Crippen LogP contribution in [0, 0.1) is 6.92 Å². The van der Waals surface area contributed by atoms with Crippen LogP contribution in [0.1, 0.15) is 31.8 Å². The Hall–Kier alpha value is -3.49. The summed E-state index contributed by atoms with van der Waals surface area (Å²) in [5.41, 5.74) is 7.90. The van der Waals surface area contributed by atoms with Gasteiger partial charge in [-0.25, -0.2) is 0 Å². The molecule has 168 valence electrons. The molecule has 7 nitrogen and oxygen atoms in total. The number of thioether (sulfide) groups is 1. The van der Waals surface area contributed by atoms with Gasteiger partial charge in [0.05, 0.1) is 11.4 Å². The summed E-state index contributed by atoms with van der Waals surface area (Å²) in [4.78, 5) is 37.2. The smallest absolute Gasteiger partial charge is 0.269 e. The summed E-state index contributed by atoms with van der Waals surface area (Å²) >= 11 is 7.43. The molecule has 0 saturated carbocycles. The molecule has 0 saturated heterocycles. The average molecular weight is 482 g/mol. The lowest BCUT2D eigenvalue weighted by molar-refractivity contribution is -0.113. The van der Waals surface area contributed by atoms with Crippen molar-refractivity contribution in [1.29, 1.82) is 0 Å². The number of hydrogen-bond donors (Lipinski definition) is 3. The maximum Gasteiger partial charge on any atom is 0.269 e. The van der Waals surface area contributed by atoms with Crippen LogP contribution in [0.5, 0.6) is 5.75 Å². The lowest BCUT2D eigenvalue weighted by Gasteiger charge is -2.17. The number of hydrogen-bond acceptors (Lipinski definition) is 5. The summed E-state index contributed by atoms with van der Waals surface area (Å²) < 4.78 is 5.76. The van der Waals surface area contributed by atoms with Crippen molar-refractivity contribution >= 4 is 46.8 Å². The van der Waals surface area contributed by atoms with Crippen molar-refractivity contribution in [1.82, 2.24) is 10.9 Å². The molecule has 33 heavy (non-hydrogen) atoms. The van der Waals surface area contributed by atoms with E-state index < -0.39 is 11.8 Å². The highest BCUT2D eigenvalue weighted by Crippen LogP contribution is 2.31. The van der Waals surface area contributed by atoms with Gasteiger partial charge in [0, 0.05) is 21.0 Å². The largest absolute Gasteiger partial charge is 0.489 e. The molecule has 0 bridgehead atoms. The molecule has 3 aromatic carbocycles. The Kier molecular flexibility index (Phi) is 6.86. The van der Waals surface area contributed by atoms with E-state index in [-0.39, 0.29) is 5.91 Å². The molecule has 1 heterocycles. The quantitative estimate of drug-likeness (QED) is 0.471. The Bertz CT molecular complexity index is 1230. The van der Waals surface area contributed by atoms with E-state index in [9.17, 15) is 14.4 Å². The van der Waals surface area contributed by atoms with Gasteiger partial charge < -0.3 is 10.1 Å². The number of hydrazine groups is 1. The maximum atomic E-state index is 12.4. The number of fused-ring (bicyclic) bond motifs is 1. The van der Waals surface area contributed by atoms with Gasteiger partial charge in [0.2, 0.25) is 5.91 Å². The lowest BCUT2D eigenvalue weighted by atomic mass is 10.1. The number of aryl methyl sites for hydroxylation is 1. The van der Waals surface area contributed by atoms with E-state index in [2.05, 4.69) is 16.2 Å². The lowest BCUT2D eigenvalue weighted by Crippen LogP contribution is -2.41. The van der Waals surface area contributed by atoms with E-state index in [1.165, 1.54) is 11.8 Å². The van der Waals surface area contributed by atoms with Crippen LogP contribution in [0.15, 0.2) is 65.6 Å². The number of rotatable bonds is 5. The highest BCUT2D eigenvalue weighted by molar-refractivity contribution is 8.00. The molecule has 4 rings (SSSR count). The SMILES string of the molecule is Cc1cc(OCc2ccc(C(=O)NNC(=O)c3ccc4c(c3)NC(=O)CS4)cc2)ccc1Cl. The van der Waals surface area contributed by atoms with Crippen molar-refractivity contribution in [3.05, 3.63) is 87.9 Å². The molecule has 0 spiro atoms. The van der Waals surface area contributed by atoms with Crippen molar-refractivity contribution in [2.24, 2.45) is 0 Å². The normalized spacial score (nSPS) is 12.4. The molecule has 0 atom stereocenters. The Morgan fingerprint density at radius 2 is 1.70 bits per heavy atom. The van der Waals surface area contributed by atoms with Gasteiger partial charge in [-0.15, -0.1) is 11.8 Å². The molecule has 0 fully saturated rings. The second-order valence-electron chi connectivity index (χ2n) is 7.35. The Labute approximate surface area is 199 Å². The van der Waals surface area contributed by atoms with E-state index in [4.69, 9.17) is 16.3 Å².